The highest BCUT2D eigenvalue weighted by molar-refractivity contribution is 6.12. The van der Waals surface area contributed by atoms with E-state index in [4.69, 9.17) is 0 Å². The Morgan fingerprint density at radius 1 is 1.00 bits per heavy atom. The molecule has 27 heavy (non-hydrogen) atoms. The number of fused-ring (bicyclic) bond motifs is 1. The third kappa shape index (κ3) is 3.84. The van der Waals surface area contributed by atoms with E-state index in [2.05, 4.69) is 75.9 Å². The third-order valence-electron chi connectivity index (χ3n) is 5.12. The summed E-state index contributed by atoms with van der Waals surface area (Å²) in [6.07, 6.45) is 2.04. The summed E-state index contributed by atoms with van der Waals surface area (Å²) in [7, 11) is 4.13. The molecule has 3 aromatic rings. The van der Waals surface area contributed by atoms with Gasteiger partial charge in [-0.15, -0.1) is 0 Å². The number of benzene rings is 2. The van der Waals surface area contributed by atoms with Crippen LogP contribution in [-0.4, -0.2) is 29.8 Å². The number of aromatic amines is 1. The minimum Gasteiger partial charge on any atom is -0.361 e. The van der Waals surface area contributed by atoms with Crippen molar-refractivity contribution in [2.24, 2.45) is 0 Å². The minimum absolute atomic E-state index is 0.119. The van der Waals surface area contributed by atoms with Crippen molar-refractivity contribution in [2.45, 2.75) is 46.1 Å². The Kier molecular flexibility index (Phi) is 5.52. The minimum atomic E-state index is 0.119. The maximum atomic E-state index is 13.5. The standard InChI is InChI=1S/C24H30N2O/c1-15(2)19-8-7-9-20(16(3)4)23(19)24(27)17-10-11-21-18(14-26(5)6)13-25-22(21)12-17/h7-13,15-16,25H,14H2,1-6H3. The molecule has 1 heterocycles. The summed E-state index contributed by atoms with van der Waals surface area (Å²) < 4.78 is 0. The van der Waals surface area contributed by atoms with Gasteiger partial charge >= 0.3 is 0 Å². The molecular weight excluding hydrogens is 332 g/mol. The van der Waals surface area contributed by atoms with Crippen molar-refractivity contribution < 1.29 is 4.79 Å². The molecule has 0 amide bonds. The van der Waals surface area contributed by atoms with Crippen LogP contribution in [0.1, 0.15) is 72.1 Å². The molecular formula is C24H30N2O. The van der Waals surface area contributed by atoms with Crippen molar-refractivity contribution in [1.82, 2.24) is 9.88 Å². The van der Waals surface area contributed by atoms with E-state index in [-0.39, 0.29) is 5.78 Å². The van der Waals surface area contributed by atoms with Crippen LogP contribution in [-0.2, 0) is 6.54 Å². The molecule has 1 aromatic heterocycles. The molecule has 0 aliphatic carbocycles. The molecule has 0 bridgehead atoms. The highest BCUT2D eigenvalue weighted by atomic mass is 16.1. The van der Waals surface area contributed by atoms with Crippen molar-refractivity contribution in [3.8, 4) is 0 Å². The second-order valence-corrected chi connectivity index (χ2v) is 8.26. The fraction of sp³-hybridized carbons (Fsp3) is 0.375. The van der Waals surface area contributed by atoms with Crippen LogP contribution in [0.25, 0.3) is 10.9 Å². The van der Waals surface area contributed by atoms with Crippen molar-refractivity contribution >= 4 is 16.7 Å². The Bertz CT molecular complexity index is 937. The molecule has 0 saturated heterocycles. The number of aromatic nitrogens is 1. The van der Waals surface area contributed by atoms with E-state index in [0.717, 1.165) is 34.3 Å². The van der Waals surface area contributed by atoms with Gasteiger partial charge in [-0.1, -0.05) is 58.0 Å². The van der Waals surface area contributed by atoms with Crippen LogP contribution < -0.4 is 0 Å². The van der Waals surface area contributed by atoms with Crippen LogP contribution >= 0.6 is 0 Å². The Morgan fingerprint density at radius 2 is 1.63 bits per heavy atom. The van der Waals surface area contributed by atoms with Gasteiger partial charge in [0, 0.05) is 34.8 Å². The zero-order valence-electron chi connectivity index (χ0n) is 17.3. The van der Waals surface area contributed by atoms with E-state index in [9.17, 15) is 4.79 Å². The lowest BCUT2D eigenvalue weighted by atomic mass is 9.85. The summed E-state index contributed by atoms with van der Waals surface area (Å²) in [4.78, 5) is 19.0. The number of carbonyl (C=O) groups is 1. The SMILES string of the molecule is CC(C)c1cccc(C(C)C)c1C(=O)c1ccc2c(CN(C)C)c[nH]c2c1. The monoisotopic (exact) mass is 362 g/mol. The van der Waals surface area contributed by atoms with Gasteiger partial charge in [-0.2, -0.15) is 0 Å². The first-order chi connectivity index (χ1) is 12.8. The maximum absolute atomic E-state index is 13.5. The molecule has 2 aromatic carbocycles. The first-order valence-electron chi connectivity index (χ1n) is 9.71. The van der Waals surface area contributed by atoms with Gasteiger partial charge in [0.1, 0.15) is 0 Å². The third-order valence-corrected chi connectivity index (χ3v) is 5.12. The number of H-pyrrole nitrogens is 1. The van der Waals surface area contributed by atoms with E-state index in [1.54, 1.807) is 0 Å². The van der Waals surface area contributed by atoms with E-state index in [0.29, 0.717) is 11.8 Å². The molecule has 3 rings (SSSR count). The molecule has 1 N–H and O–H groups in total. The number of carbonyl (C=O) groups excluding carboxylic acids is 1. The molecule has 3 nitrogen and oxygen atoms in total. The van der Waals surface area contributed by atoms with Gasteiger partial charge in [0.25, 0.3) is 0 Å². The maximum Gasteiger partial charge on any atom is 0.193 e. The average molecular weight is 363 g/mol. The predicted octanol–water partition coefficient (Wildman–Crippen LogP) is 5.71. The molecule has 3 heteroatoms. The lowest BCUT2D eigenvalue weighted by Crippen LogP contribution is -2.12. The van der Waals surface area contributed by atoms with Crippen LogP contribution in [0.2, 0.25) is 0 Å². The van der Waals surface area contributed by atoms with Gasteiger partial charge in [0.15, 0.2) is 5.78 Å². The summed E-state index contributed by atoms with van der Waals surface area (Å²) in [6, 6.07) is 12.3. The Balaban J connectivity index is 2.09. The van der Waals surface area contributed by atoms with E-state index in [1.807, 2.05) is 18.3 Å². The summed E-state index contributed by atoms with van der Waals surface area (Å²) >= 11 is 0. The normalized spacial score (nSPS) is 11.9. The highest BCUT2D eigenvalue weighted by Crippen LogP contribution is 2.31. The zero-order chi connectivity index (χ0) is 19.7. The second kappa shape index (κ2) is 7.69. The number of ketones is 1. The number of hydrogen-bond donors (Lipinski definition) is 1. The number of nitrogens with one attached hydrogen (secondary N) is 1. The molecule has 0 atom stereocenters. The molecule has 0 saturated carbocycles. The Morgan fingerprint density at radius 3 is 2.19 bits per heavy atom. The molecule has 0 aliphatic heterocycles. The van der Waals surface area contributed by atoms with E-state index >= 15 is 0 Å². The Labute approximate surface area is 162 Å². The van der Waals surface area contributed by atoms with Gasteiger partial charge < -0.3 is 9.88 Å². The zero-order valence-corrected chi connectivity index (χ0v) is 17.3. The van der Waals surface area contributed by atoms with Gasteiger partial charge in [-0.05, 0) is 48.7 Å². The van der Waals surface area contributed by atoms with Crippen LogP contribution in [0.15, 0.2) is 42.6 Å². The first kappa shape index (κ1) is 19.4. The smallest absolute Gasteiger partial charge is 0.193 e. The lowest BCUT2D eigenvalue weighted by molar-refractivity contribution is 0.103. The van der Waals surface area contributed by atoms with Crippen LogP contribution in [0.5, 0.6) is 0 Å². The summed E-state index contributed by atoms with van der Waals surface area (Å²) in [5, 5.41) is 1.18. The quantitative estimate of drug-likeness (QED) is 0.570. The van der Waals surface area contributed by atoms with Crippen molar-refractivity contribution in [3.05, 3.63) is 70.4 Å². The molecule has 0 unspecified atom stereocenters. The first-order valence-corrected chi connectivity index (χ1v) is 9.71. The van der Waals surface area contributed by atoms with Crippen LogP contribution in [0.3, 0.4) is 0 Å². The molecule has 142 valence electrons. The number of rotatable bonds is 6. The second-order valence-electron chi connectivity index (χ2n) is 8.26. The van der Waals surface area contributed by atoms with E-state index < -0.39 is 0 Å². The average Bonchev–Trinajstić information content (AvgIpc) is 3.01. The Hall–Kier alpha value is -2.39. The summed E-state index contributed by atoms with van der Waals surface area (Å²) in [6.45, 7) is 9.48. The predicted molar refractivity (Wildman–Crippen MR) is 114 cm³/mol. The van der Waals surface area contributed by atoms with Gasteiger partial charge in [0.05, 0.1) is 0 Å². The molecule has 0 fully saturated rings. The largest absolute Gasteiger partial charge is 0.361 e. The van der Waals surface area contributed by atoms with Crippen molar-refractivity contribution in [1.29, 1.82) is 0 Å². The fourth-order valence-electron chi connectivity index (χ4n) is 3.76. The van der Waals surface area contributed by atoms with E-state index in [1.165, 1.54) is 10.9 Å². The summed E-state index contributed by atoms with van der Waals surface area (Å²) in [5.74, 6) is 0.737. The van der Waals surface area contributed by atoms with Gasteiger partial charge in [0.2, 0.25) is 0 Å². The van der Waals surface area contributed by atoms with Crippen LogP contribution in [0, 0.1) is 0 Å². The topological polar surface area (TPSA) is 36.1 Å². The summed E-state index contributed by atoms with van der Waals surface area (Å²) in [5.41, 5.74) is 6.15. The molecule has 0 spiro atoms. The fourth-order valence-corrected chi connectivity index (χ4v) is 3.76. The van der Waals surface area contributed by atoms with Crippen molar-refractivity contribution in [3.63, 3.8) is 0 Å². The van der Waals surface area contributed by atoms with Crippen LogP contribution in [0.4, 0.5) is 0 Å². The lowest BCUT2D eigenvalue weighted by Gasteiger charge is -2.18. The number of nitrogens with zero attached hydrogens (tertiary/aromatic N) is 1. The molecule has 0 aliphatic rings. The molecule has 0 radical (unpaired) electrons. The van der Waals surface area contributed by atoms with Crippen molar-refractivity contribution in [2.75, 3.05) is 14.1 Å². The van der Waals surface area contributed by atoms with Gasteiger partial charge in [-0.3, -0.25) is 4.79 Å². The van der Waals surface area contributed by atoms with Gasteiger partial charge in [-0.25, -0.2) is 0 Å². The number of hydrogen-bond acceptors (Lipinski definition) is 2. The highest BCUT2D eigenvalue weighted by Gasteiger charge is 2.21.